The van der Waals surface area contributed by atoms with Crippen molar-refractivity contribution >= 4 is 5.91 Å². The van der Waals surface area contributed by atoms with Crippen molar-refractivity contribution in [3.63, 3.8) is 0 Å². The molecule has 1 N–H and O–H groups in total. The van der Waals surface area contributed by atoms with Crippen LogP contribution in [0, 0.1) is 11.3 Å². The van der Waals surface area contributed by atoms with Crippen LogP contribution in [0.3, 0.4) is 0 Å². The average molecular weight is 267 g/mol. The summed E-state index contributed by atoms with van der Waals surface area (Å²) < 4.78 is 5.51. The first-order valence-corrected chi connectivity index (χ1v) is 6.07. The predicted molar refractivity (Wildman–Crippen MR) is 73.0 cm³/mol. The summed E-state index contributed by atoms with van der Waals surface area (Å²) in [5, 5.41) is 10.8. The van der Waals surface area contributed by atoms with Crippen LogP contribution in [-0.4, -0.2) is 17.4 Å². The molecule has 0 aliphatic heterocycles. The summed E-state index contributed by atoms with van der Waals surface area (Å²) in [5.41, 5.74) is 1.44. The van der Waals surface area contributed by atoms with E-state index in [2.05, 4.69) is 10.3 Å². The smallest absolute Gasteiger partial charge is 0.253 e. The van der Waals surface area contributed by atoms with E-state index in [0.717, 1.165) is 5.56 Å². The largest absolute Gasteiger partial charge is 0.473 e. The topological polar surface area (TPSA) is 75.0 Å². The second kappa shape index (κ2) is 6.90. The predicted octanol–water partition coefficient (Wildman–Crippen LogP) is 1.91. The van der Waals surface area contributed by atoms with Gasteiger partial charge in [0.2, 0.25) is 5.88 Å². The summed E-state index contributed by atoms with van der Waals surface area (Å²) in [4.78, 5) is 15.6. The van der Waals surface area contributed by atoms with Crippen LogP contribution in [0.2, 0.25) is 0 Å². The highest BCUT2D eigenvalue weighted by molar-refractivity contribution is 5.94. The van der Waals surface area contributed by atoms with Crippen molar-refractivity contribution in [2.24, 2.45) is 0 Å². The van der Waals surface area contributed by atoms with Crippen molar-refractivity contribution in [2.75, 3.05) is 6.54 Å². The summed E-state index contributed by atoms with van der Waals surface area (Å²) in [6, 6.07) is 14.8. The van der Waals surface area contributed by atoms with Gasteiger partial charge in [0.25, 0.3) is 5.91 Å². The standard InChI is InChI=1S/C15H13N3O2/c16-8-9-17-15(19)13-6-7-14(18-10-13)20-11-12-4-2-1-3-5-12/h1-7,10H,9,11H2,(H,17,19). The number of hydrogen-bond acceptors (Lipinski definition) is 4. The summed E-state index contributed by atoms with van der Waals surface area (Å²) in [5.74, 6) is 0.124. The zero-order valence-electron chi connectivity index (χ0n) is 10.7. The van der Waals surface area contributed by atoms with Crippen LogP contribution in [-0.2, 0) is 6.61 Å². The SMILES string of the molecule is N#CCNC(=O)c1ccc(OCc2ccccc2)nc1. The molecule has 0 bridgehead atoms. The van der Waals surface area contributed by atoms with E-state index in [1.165, 1.54) is 6.20 Å². The quantitative estimate of drug-likeness (QED) is 0.840. The number of ether oxygens (including phenoxy) is 1. The Labute approximate surface area is 116 Å². The molecule has 0 atom stereocenters. The maximum Gasteiger partial charge on any atom is 0.253 e. The van der Waals surface area contributed by atoms with Crippen molar-refractivity contribution in [1.82, 2.24) is 10.3 Å². The molecule has 0 aliphatic rings. The minimum Gasteiger partial charge on any atom is -0.473 e. The highest BCUT2D eigenvalue weighted by Crippen LogP contribution is 2.10. The lowest BCUT2D eigenvalue weighted by Gasteiger charge is -2.06. The van der Waals surface area contributed by atoms with Crippen molar-refractivity contribution in [1.29, 1.82) is 5.26 Å². The lowest BCUT2D eigenvalue weighted by atomic mass is 10.2. The molecule has 1 heterocycles. The zero-order chi connectivity index (χ0) is 14.2. The Morgan fingerprint density at radius 3 is 2.70 bits per heavy atom. The molecule has 0 aliphatic carbocycles. The number of aromatic nitrogens is 1. The summed E-state index contributed by atoms with van der Waals surface area (Å²) in [6.07, 6.45) is 1.42. The molecular weight excluding hydrogens is 254 g/mol. The Morgan fingerprint density at radius 2 is 2.05 bits per heavy atom. The van der Waals surface area contributed by atoms with Gasteiger partial charge in [0.1, 0.15) is 13.2 Å². The van der Waals surface area contributed by atoms with Gasteiger partial charge >= 0.3 is 0 Å². The molecule has 0 unspecified atom stereocenters. The Balaban J connectivity index is 1.92. The Bertz CT molecular complexity index is 603. The minimum atomic E-state index is -0.325. The van der Waals surface area contributed by atoms with Gasteiger partial charge in [0.15, 0.2) is 0 Å². The highest BCUT2D eigenvalue weighted by Gasteiger charge is 2.05. The van der Waals surface area contributed by atoms with E-state index in [1.54, 1.807) is 12.1 Å². The molecule has 1 aromatic carbocycles. The summed E-state index contributed by atoms with van der Waals surface area (Å²) >= 11 is 0. The maximum absolute atomic E-state index is 11.6. The summed E-state index contributed by atoms with van der Waals surface area (Å²) in [7, 11) is 0. The molecule has 5 nitrogen and oxygen atoms in total. The fourth-order valence-electron chi connectivity index (χ4n) is 1.55. The fourth-order valence-corrected chi connectivity index (χ4v) is 1.55. The Kier molecular flexibility index (Phi) is 4.68. The third-order valence-corrected chi connectivity index (χ3v) is 2.56. The van der Waals surface area contributed by atoms with Gasteiger partial charge in [-0.2, -0.15) is 5.26 Å². The molecule has 0 radical (unpaired) electrons. The van der Waals surface area contributed by atoms with E-state index < -0.39 is 0 Å². The van der Waals surface area contributed by atoms with Gasteiger partial charge in [-0.1, -0.05) is 30.3 Å². The minimum absolute atomic E-state index is 0.0227. The number of carbonyl (C=O) groups excluding carboxylic acids is 1. The Morgan fingerprint density at radius 1 is 1.25 bits per heavy atom. The first kappa shape index (κ1) is 13.6. The van der Waals surface area contributed by atoms with Crippen LogP contribution < -0.4 is 10.1 Å². The van der Waals surface area contributed by atoms with Gasteiger partial charge in [0.05, 0.1) is 11.6 Å². The summed E-state index contributed by atoms with van der Waals surface area (Å²) in [6.45, 7) is 0.402. The molecule has 1 aromatic heterocycles. The van der Waals surface area contributed by atoms with Gasteiger partial charge in [-0.15, -0.1) is 0 Å². The van der Waals surface area contributed by atoms with Crippen LogP contribution in [0.4, 0.5) is 0 Å². The van der Waals surface area contributed by atoms with Gasteiger partial charge in [0, 0.05) is 12.3 Å². The van der Waals surface area contributed by atoms with E-state index >= 15 is 0 Å². The monoisotopic (exact) mass is 267 g/mol. The fraction of sp³-hybridized carbons (Fsp3) is 0.133. The lowest BCUT2D eigenvalue weighted by Crippen LogP contribution is -2.23. The molecule has 100 valence electrons. The van der Waals surface area contributed by atoms with Crippen molar-refractivity contribution in [3.05, 3.63) is 59.8 Å². The Hall–Kier alpha value is -2.87. The van der Waals surface area contributed by atoms with Gasteiger partial charge in [-0.25, -0.2) is 4.98 Å². The van der Waals surface area contributed by atoms with Crippen molar-refractivity contribution < 1.29 is 9.53 Å². The lowest BCUT2D eigenvalue weighted by molar-refractivity contribution is 0.0958. The average Bonchev–Trinajstić information content (AvgIpc) is 2.52. The zero-order valence-corrected chi connectivity index (χ0v) is 10.7. The van der Waals surface area contributed by atoms with Crippen molar-refractivity contribution in [3.8, 4) is 11.9 Å². The number of carbonyl (C=O) groups is 1. The van der Waals surface area contributed by atoms with Gasteiger partial charge < -0.3 is 10.1 Å². The third kappa shape index (κ3) is 3.82. The second-order valence-corrected chi connectivity index (χ2v) is 4.00. The van der Waals surface area contributed by atoms with Crippen molar-refractivity contribution in [2.45, 2.75) is 6.61 Å². The first-order valence-electron chi connectivity index (χ1n) is 6.07. The number of pyridine rings is 1. The van der Waals surface area contributed by atoms with Crippen LogP contribution in [0.1, 0.15) is 15.9 Å². The number of benzene rings is 1. The molecule has 20 heavy (non-hydrogen) atoms. The third-order valence-electron chi connectivity index (χ3n) is 2.56. The normalized spacial score (nSPS) is 9.55. The molecule has 0 fully saturated rings. The number of nitriles is 1. The second-order valence-electron chi connectivity index (χ2n) is 4.00. The number of amides is 1. The number of rotatable bonds is 5. The highest BCUT2D eigenvalue weighted by atomic mass is 16.5. The van der Waals surface area contributed by atoms with E-state index in [0.29, 0.717) is 18.1 Å². The van der Waals surface area contributed by atoms with E-state index in [4.69, 9.17) is 10.00 Å². The molecule has 0 saturated carbocycles. The van der Waals surface area contributed by atoms with Gasteiger partial charge in [-0.3, -0.25) is 4.79 Å². The number of nitrogens with zero attached hydrogens (tertiary/aromatic N) is 2. The maximum atomic E-state index is 11.6. The molecule has 2 aromatic rings. The molecule has 2 rings (SSSR count). The molecule has 1 amide bonds. The van der Waals surface area contributed by atoms with E-state index in [1.807, 2.05) is 36.4 Å². The van der Waals surface area contributed by atoms with Crippen LogP contribution in [0.5, 0.6) is 5.88 Å². The molecule has 0 saturated heterocycles. The van der Waals surface area contributed by atoms with Crippen LogP contribution in [0.25, 0.3) is 0 Å². The van der Waals surface area contributed by atoms with E-state index in [9.17, 15) is 4.79 Å². The van der Waals surface area contributed by atoms with Gasteiger partial charge in [-0.05, 0) is 11.6 Å². The number of hydrogen-bond donors (Lipinski definition) is 1. The molecule has 5 heteroatoms. The first-order chi connectivity index (χ1) is 9.79. The molecular formula is C15H13N3O2. The molecule has 0 spiro atoms. The van der Waals surface area contributed by atoms with Crippen LogP contribution >= 0.6 is 0 Å². The van der Waals surface area contributed by atoms with E-state index in [-0.39, 0.29) is 12.5 Å². The van der Waals surface area contributed by atoms with Crippen LogP contribution in [0.15, 0.2) is 48.7 Å². The number of nitrogens with one attached hydrogen (secondary N) is 1.